The summed E-state index contributed by atoms with van der Waals surface area (Å²) in [7, 11) is 0. The van der Waals surface area contributed by atoms with Crippen LogP contribution in [0, 0.1) is 27.7 Å². The standard InChI is InChI=1S/C37H46N2/c1-26-28(3)34(16-10-30-12-22-36(38)23-13-30)20-18-32(26)8-6-5-7-9-33-19-21-35(29(4)27(33)2)17-11-31-14-24-37(39)25-15-31/h12-15,18-25H,5-11,16-17,38-39H2,1-4H3. The molecule has 2 heteroatoms. The molecule has 0 fully saturated rings. The van der Waals surface area contributed by atoms with Gasteiger partial charge in [0.15, 0.2) is 0 Å². The summed E-state index contributed by atoms with van der Waals surface area (Å²) in [4.78, 5) is 0. The third-order valence-corrected chi connectivity index (χ3v) is 8.74. The average Bonchev–Trinajstić information content (AvgIpc) is 2.94. The summed E-state index contributed by atoms with van der Waals surface area (Å²) in [5, 5.41) is 0. The number of hydrogen-bond donors (Lipinski definition) is 2. The molecule has 0 spiro atoms. The van der Waals surface area contributed by atoms with Crippen molar-refractivity contribution in [1.82, 2.24) is 0 Å². The van der Waals surface area contributed by atoms with Gasteiger partial charge in [0.1, 0.15) is 0 Å². The third kappa shape index (κ3) is 7.76. The van der Waals surface area contributed by atoms with Crippen molar-refractivity contribution in [2.24, 2.45) is 0 Å². The predicted molar refractivity (Wildman–Crippen MR) is 170 cm³/mol. The molecule has 0 aliphatic heterocycles. The van der Waals surface area contributed by atoms with Crippen LogP contribution in [0.25, 0.3) is 0 Å². The van der Waals surface area contributed by atoms with E-state index in [9.17, 15) is 0 Å². The molecule has 4 N–H and O–H groups in total. The molecule has 0 atom stereocenters. The van der Waals surface area contributed by atoms with Crippen LogP contribution in [0.3, 0.4) is 0 Å². The number of unbranched alkanes of at least 4 members (excludes halogenated alkanes) is 2. The third-order valence-electron chi connectivity index (χ3n) is 8.74. The van der Waals surface area contributed by atoms with Gasteiger partial charge < -0.3 is 11.5 Å². The van der Waals surface area contributed by atoms with E-state index in [1.54, 1.807) is 0 Å². The number of aryl methyl sites for hydroxylation is 6. The van der Waals surface area contributed by atoms with E-state index in [0.717, 1.165) is 37.1 Å². The molecular formula is C37H46N2. The Balaban J connectivity index is 1.23. The monoisotopic (exact) mass is 518 g/mol. The van der Waals surface area contributed by atoms with Crippen molar-refractivity contribution in [2.45, 2.75) is 85.5 Å². The van der Waals surface area contributed by atoms with E-state index < -0.39 is 0 Å². The van der Waals surface area contributed by atoms with E-state index in [2.05, 4.69) is 76.2 Å². The largest absolute Gasteiger partial charge is 0.399 e. The molecule has 0 aliphatic carbocycles. The van der Waals surface area contributed by atoms with Crippen LogP contribution in [0.4, 0.5) is 11.4 Å². The van der Waals surface area contributed by atoms with E-state index >= 15 is 0 Å². The lowest BCUT2D eigenvalue weighted by atomic mass is 9.91. The topological polar surface area (TPSA) is 52.0 Å². The molecule has 0 saturated heterocycles. The highest BCUT2D eigenvalue weighted by atomic mass is 14.5. The maximum absolute atomic E-state index is 5.83. The summed E-state index contributed by atoms with van der Waals surface area (Å²) < 4.78 is 0. The first-order valence-electron chi connectivity index (χ1n) is 14.7. The van der Waals surface area contributed by atoms with Crippen molar-refractivity contribution in [3.63, 3.8) is 0 Å². The second-order valence-corrected chi connectivity index (χ2v) is 11.3. The Hall–Kier alpha value is -3.52. The highest BCUT2D eigenvalue weighted by Gasteiger charge is 2.09. The first kappa shape index (κ1) is 28.5. The lowest BCUT2D eigenvalue weighted by Gasteiger charge is -2.15. The lowest BCUT2D eigenvalue weighted by molar-refractivity contribution is 0.674. The highest BCUT2D eigenvalue weighted by molar-refractivity contribution is 5.43. The number of nitrogen functional groups attached to an aromatic ring is 2. The lowest BCUT2D eigenvalue weighted by Crippen LogP contribution is -2.01. The summed E-state index contributed by atoms with van der Waals surface area (Å²) in [5.74, 6) is 0. The van der Waals surface area contributed by atoms with Crippen molar-refractivity contribution < 1.29 is 0 Å². The van der Waals surface area contributed by atoms with Crippen LogP contribution in [0.5, 0.6) is 0 Å². The number of anilines is 2. The number of hydrogen-bond acceptors (Lipinski definition) is 2. The second kappa shape index (κ2) is 13.5. The maximum atomic E-state index is 5.83. The minimum absolute atomic E-state index is 0.833. The van der Waals surface area contributed by atoms with Gasteiger partial charge >= 0.3 is 0 Å². The van der Waals surface area contributed by atoms with Crippen molar-refractivity contribution in [2.75, 3.05) is 11.5 Å². The highest BCUT2D eigenvalue weighted by Crippen LogP contribution is 2.24. The van der Waals surface area contributed by atoms with Crippen LogP contribution in [0.1, 0.15) is 74.9 Å². The van der Waals surface area contributed by atoms with Crippen LogP contribution < -0.4 is 11.5 Å². The zero-order chi connectivity index (χ0) is 27.8. The fraction of sp³-hybridized carbons (Fsp3) is 0.351. The van der Waals surface area contributed by atoms with E-state index in [4.69, 9.17) is 11.5 Å². The van der Waals surface area contributed by atoms with E-state index in [0.29, 0.717) is 0 Å². The molecule has 2 nitrogen and oxygen atoms in total. The van der Waals surface area contributed by atoms with Gasteiger partial charge in [0, 0.05) is 11.4 Å². The SMILES string of the molecule is Cc1c(CCCCCc2ccc(CCc3ccc(N)cc3)c(C)c2C)ccc(CCc2ccc(N)cc2)c1C. The smallest absolute Gasteiger partial charge is 0.0314 e. The molecule has 0 heterocycles. The average molecular weight is 519 g/mol. The van der Waals surface area contributed by atoms with Crippen molar-refractivity contribution in [1.29, 1.82) is 0 Å². The summed E-state index contributed by atoms with van der Waals surface area (Å²) in [6.07, 6.45) is 10.4. The molecule has 4 aromatic rings. The van der Waals surface area contributed by atoms with Gasteiger partial charge in [0.25, 0.3) is 0 Å². The molecule has 4 rings (SSSR count). The molecule has 0 aliphatic rings. The molecular weight excluding hydrogens is 472 g/mol. The van der Waals surface area contributed by atoms with Gasteiger partial charge in [-0.3, -0.25) is 0 Å². The minimum Gasteiger partial charge on any atom is -0.399 e. The zero-order valence-electron chi connectivity index (χ0n) is 24.4. The Labute approximate surface area is 236 Å². The summed E-state index contributed by atoms with van der Waals surface area (Å²) >= 11 is 0. The Morgan fingerprint density at radius 2 is 0.667 bits per heavy atom. The normalized spacial score (nSPS) is 11.2. The number of benzene rings is 4. The van der Waals surface area contributed by atoms with Gasteiger partial charge in [-0.1, -0.05) is 55.0 Å². The van der Waals surface area contributed by atoms with Crippen molar-refractivity contribution >= 4 is 11.4 Å². The Morgan fingerprint density at radius 3 is 1.00 bits per heavy atom. The Morgan fingerprint density at radius 1 is 0.359 bits per heavy atom. The molecule has 0 bridgehead atoms. The Bertz CT molecular complexity index is 1260. The van der Waals surface area contributed by atoms with Crippen molar-refractivity contribution in [3.05, 3.63) is 128 Å². The summed E-state index contributed by atoms with van der Waals surface area (Å²) in [6, 6.07) is 26.0. The molecule has 39 heavy (non-hydrogen) atoms. The predicted octanol–water partition coefficient (Wildman–Crippen LogP) is 8.61. The van der Waals surface area contributed by atoms with Gasteiger partial charge in [-0.05, 0) is 159 Å². The van der Waals surface area contributed by atoms with Gasteiger partial charge in [0.2, 0.25) is 0 Å². The molecule has 0 saturated carbocycles. The number of nitrogens with two attached hydrogens (primary N) is 2. The fourth-order valence-corrected chi connectivity index (χ4v) is 5.68. The van der Waals surface area contributed by atoms with Crippen LogP contribution in [-0.2, 0) is 38.5 Å². The Kier molecular flexibility index (Phi) is 9.87. The van der Waals surface area contributed by atoms with Crippen LogP contribution in [0.2, 0.25) is 0 Å². The minimum atomic E-state index is 0.833. The van der Waals surface area contributed by atoms with Gasteiger partial charge in [0.05, 0.1) is 0 Å². The van der Waals surface area contributed by atoms with Crippen molar-refractivity contribution in [3.8, 4) is 0 Å². The zero-order valence-corrected chi connectivity index (χ0v) is 24.4. The van der Waals surface area contributed by atoms with Crippen LogP contribution in [0.15, 0.2) is 72.8 Å². The molecule has 204 valence electrons. The van der Waals surface area contributed by atoms with E-state index in [1.807, 2.05) is 24.3 Å². The second-order valence-electron chi connectivity index (χ2n) is 11.3. The number of rotatable bonds is 12. The van der Waals surface area contributed by atoms with E-state index in [-0.39, 0.29) is 0 Å². The molecule has 0 unspecified atom stereocenters. The molecule has 0 amide bonds. The van der Waals surface area contributed by atoms with Gasteiger partial charge in [-0.2, -0.15) is 0 Å². The molecule has 0 radical (unpaired) electrons. The summed E-state index contributed by atoms with van der Waals surface area (Å²) in [5.41, 5.74) is 27.9. The molecule has 0 aromatic heterocycles. The van der Waals surface area contributed by atoms with Gasteiger partial charge in [-0.25, -0.2) is 0 Å². The van der Waals surface area contributed by atoms with E-state index in [1.165, 1.54) is 87.7 Å². The van der Waals surface area contributed by atoms with Crippen LogP contribution in [-0.4, -0.2) is 0 Å². The van der Waals surface area contributed by atoms with Crippen LogP contribution >= 0.6 is 0 Å². The quantitative estimate of drug-likeness (QED) is 0.146. The summed E-state index contributed by atoms with van der Waals surface area (Å²) in [6.45, 7) is 9.19. The molecule has 4 aromatic carbocycles. The first-order chi connectivity index (χ1) is 18.8. The fourth-order valence-electron chi connectivity index (χ4n) is 5.68. The first-order valence-corrected chi connectivity index (χ1v) is 14.7. The maximum Gasteiger partial charge on any atom is 0.0314 e. The van der Waals surface area contributed by atoms with Gasteiger partial charge in [-0.15, -0.1) is 0 Å².